The number of pyridine rings is 1. The number of halogens is 1. The molecule has 2 aliphatic heterocycles. The van der Waals surface area contributed by atoms with E-state index in [0.717, 1.165) is 6.42 Å². The van der Waals surface area contributed by atoms with Crippen molar-refractivity contribution in [3.63, 3.8) is 0 Å². The molecule has 2 atom stereocenters. The summed E-state index contributed by atoms with van der Waals surface area (Å²) in [5, 5.41) is -0.00118. The molecule has 96 valence electrons. The summed E-state index contributed by atoms with van der Waals surface area (Å²) in [4.78, 5) is 25.7. The molecule has 0 spiro atoms. The minimum Gasteiger partial charge on any atom is -0.356 e. The third-order valence-corrected chi connectivity index (χ3v) is 3.90. The van der Waals surface area contributed by atoms with Gasteiger partial charge in [0.1, 0.15) is 10.7 Å². The number of ether oxygens (including phenoxy) is 1. The minimum atomic E-state index is -0.319. The molecule has 1 aromatic rings. The predicted molar refractivity (Wildman–Crippen MR) is 65.7 cm³/mol. The van der Waals surface area contributed by atoms with Crippen LogP contribution in [0.25, 0.3) is 0 Å². The molecule has 0 N–H and O–H groups in total. The van der Waals surface area contributed by atoms with Crippen LogP contribution in [0.4, 0.5) is 0 Å². The second-order valence-corrected chi connectivity index (χ2v) is 5.05. The van der Waals surface area contributed by atoms with Gasteiger partial charge in [-0.25, -0.2) is 0 Å². The van der Waals surface area contributed by atoms with E-state index < -0.39 is 0 Å². The first kappa shape index (κ1) is 11.7. The number of amides is 1. The average molecular weight is 269 g/mol. The summed E-state index contributed by atoms with van der Waals surface area (Å²) < 4.78 is 7.31. The highest BCUT2D eigenvalue weighted by Crippen LogP contribution is 2.27. The van der Waals surface area contributed by atoms with Crippen LogP contribution in [0.5, 0.6) is 0 Å². The molecule has 3 rings (SSSR count). The zero-order valence-corrected chi connectivity index (χ0v) is 10.7. The zero-order chi connectivity index (χ0) is 12.9. The first-order valence-electron chi connectivity index (χ1n) is 5.93. The van der Waals surface area contributed by atoms with Gasteiger partial charge in [-0.2, -0.15) is 0 Å². The number of hydrogen-bond donors (Lipinski definition) is 0. The van der Waals surface area contributed by atoms with Crippen molar-refractivity contribution in [1.29, 1.82) is 0 Å². The molecule has 5 nitrogen and oxygen atoms in total. The monoisotopic (exact) mass is 268 g/mol. The van der Waals surface area contributed by atoms with Gasteiger partial charge in [-0.3, -0.25) is 9.59 Å². The summed E-state index contributed by atoms with van der Waals surface area (Å²) in [7, 11) is 0. The van der Waals surface area contributed by atoms with E-state index in [-0.39, 0.29) is 34.3 Å². The Balaban J connectivity index is 2.13. The number of fused-ring (bicyclic) bond motifs is 2. The van der Waals surface area contributed by atoms with E-state index in [2.05, 4.69) is 0 Å². The molecule has 0 radical (unpaired) electrons. The fraction of sp³-hybridized carbons (Fsp3) is 0.500. The maximum atomic E-state index is 12.4. The van der Waals surface area contributed by atoms with Crippen molar-refractivity contribution in [3.8, 4) is 0 Å². The quantitative estimate of drug-likeness (QED) is 0.708. The van der Waals surface area contributed by atoms with Gasteiger partial charge in [-0.15, -0.1) is 0 Å². The number of rotatable bonds is 0. The lowest BCUT2D eigenvalue weighted by Gasteiger charge is -2.44. The highest BCUT2D eigenvalue weighted by atomic mass is 35.5. The molecular weight excluding hydrogens is 256 g/mol. The summed E-state index contributed by atoms with van der Waals surface area (Å²) in [6.07, 6.45) is 2.14. The third kappa shape index (κ3) is 1.58. The van der Waals surface area contributed by atoms with Gasteiger partial charge in [0.05, 0.1) is 13.2 Å². The van der Waals surface area contributed by atoms with Crippen molar-refractivity contribution in [2.75, 3.05) is 6.61 Å². The van der Waals surface area contributed by atoms with Crippen LogP contribution in [-0.2, 0) is 11.3 Å². The third-order valence-electron chi connectivity index (χ3n) is 3.54. The molecule has 6 heteroatoms. The van der Waals surface area contributed by atoms with Crippen LogP contribution in [0.1, 0.15) is 23.8 Å². The number of carbonyl (C=O) groups is 1. The molecule has 0 saturated carbocycles. The lowest BCUT2D eigenvalue weighted by molar-refractivity contribution is -0.112. The van der Waals surface area contributed by atoms with E-state index in [0.29, 0.717) is 13.2 Å². The molecule has 1 fully saturated rings. The normalized spacial score (nSPS) is 26.8. The van der Waals surface area contributed by atoms with E-state index in [1.54, 1.807) is 15.7 Å². The Morgan fingerprint density at radius 2 is 2.22 bits per heavy atom. The van der Waals surface area contributed by atoms with Crippen molar-refractivity contribution < 1.29 is 9.53 Å². The molecule has 0 bridgehead atoms. The Hall–Kier alpha value is -1.33. The smallest absolute Gasteiger partial charge is 0.274 e. The van der Waals surface area contributed by atoms with Crippen LogP contribution >= 0.6 is 11.6 Å². The van der Waals surface area contributed by atoms with Crippen molar-refractivity contribution in [1.82, 2.24) is 9.47 Å². The lowest BCUT2D eigenvalue weighted by Crippen LogP contribution is -2.56. The lowest BCUT2D eigenvalue weighted by atomic mass is 10.1. The van der Waals surface area contributed by atoms with Crippen molar-refractivity contribution in [3.05, 3.63) is 33.2 Å². The Labute approximate surface area is 109 Å². The summed E-state index contributed by atoms with van der Waals surface area (Å²) in [6, 6.07) is 1.48. The Bertz CT molecular complexity index is 569. The van der Waals surface area contributed by atoms with Gasteiger partial charge in [0.25, 0.3) is 5.91 Å². The molecule has 0 unspecified atom stereocenters. The molecular formula is C12H13ClN2O3. The van der Waals surface area contributed by atoms with Crippen LogP contribution in [-0.4, -0.2) is 34.3 Å². The van der Waals surface area contributed by atoms with Crippen LogP contribution in [0.3, 0.4) is 0 Å². The molecule has 0 aliphatic carbocycles. The zero-order valence-electron chi connectivity index (χ0n) is 9.93. The number of aromatic nitrogens is 1. The number of carbonyl (C=O) groups excluding carboxylic acids is 1. The van der Waals surface area contributed by atoms with E-state index in [1.165, 1.54) is 6.07 Å². The van der Waals surface area contributed by atoms with Crippen LogP contribution in [0, 0.1) is 0 Å². The van der Waals surface area contributed by atoms with Crippen molar-refractivity contribution >= 4 is 17.5 Å². The second kappa shape index (κ2) is 4.10. The summed E-state index contributed by atoms with van der Waals surface area (Å²) >= 11 is 5.96. The minimum absolute atomic E-state index is 0.00118. The maximum absolute atomic E-state index is 12.4. The Kier molecular flexibility index (Phi) is 2.68. The second-order valence-electron chi connectivity index (χ2n) is 4.67. The van der Waals surface area contributed by atoms with E-state index in [4.69, 9.17) is 16.3 Å². The van der Waals surface area contributed by atoms with Crippen molar-refractivity contribution in [2.45, 2.75) is 32.2 Å². The summed E-state index contributed by atoms with van der Waals surface area (Å²) in [5.74, 6) is -0.221. The topological polar surface area (TPSA) is 51.5 Å². The highest BCUT2D eigenvalue weighted by molar-refractivity contribution is 6.33. The maximum Gasteiger partial charge on any atom is 0.274 e. The SMILES string of the molecule is C[C@@H]1CCO[C@H]2Cn3ccc(=O)c(Cl)c3C(=O)N12. The molecule has 2 aliphatic rings. The van der Waals surface area contributed by atoms with Gasteiger partial charge in [0.15, 0.2) is 6.23 Å². The highest BCUT2D eigenvalue weighted by Gasteiger charge is 2.39. The first-order chi connectivity index (χ1) is 8.59. The molecule has 1 amide bonds. The van der Waals surface area contributed by atoms with E-state index >= 15 is 0 Å². The van der Waals surface area contributed by atoms with Gasteiger partial charge in [0.2, 0.25) is 5.43 Å². The van der Waals surface area contributed by atoms with Crippen LogP contribution in [0.15, 0.2) is 17.1 Å². The number of nitrogens with zero attached hydrogens (tertiary/aromatic N) is 2. The Morgan fingerprint density at radius 1 is 1.44 bits per heavy atom. The van der Waals surface area contributed by atoms with Gasteiger partial charge < -0.3 is 14.2 Å². The first-order valence-corrected chi connectivity index (χ1v) is 6.30. The fourth-order valence-electron chi connectivity index (χ4n) is 2.56. The summed E-state index contributed by atoms with van der Waals surface area (Å²) in [6.45, 7) is 3.16. The fourth-order valence-corrected chi connectivity index (χ4v) is 2.81. The molecule has 18 heavy (non-hydrogen) atoms. The molecule has 1 aromatic heterocycles. The van der Waals surface area contributed by atoms with Crippen molar-refractivity contribution in [2.24, 2.45) is 0 Å². The molecule has 1 saturated heterocycles. The van der Waals surface area contributed by atoms with Gasteiger partial charge in [0, 0.05) is 18.3 Å². The standard InChI is InChI=1S/C12H13ClN2O3/c1-7-3-5-18-9-6-14-4-2-8(16)10(13)11(14)12(17)15(7)9/h2,4,7,9H,3,5-6H2,1H3/t7-,9+/m1/s1. The largest absolute Gasteiger partial charge is 0.356 e. The van der Waals surface area contributed by atoms with E-state index in [9.17, 15) is 9.59 Å². The Morgan fingerprint density at radius 3 is 3.00 bits per heavy atom. The molecule has 3 heterocycles. The number of hydrogen-bond acceptors (Lipinski definition) is 3. The molecule has 0 aromatic carbocycles. The predicted octanol–water partition coefficient (Wildman–Crippen LogP) is 1.09. The van der Waals surface area contributed by atoms with Crippen LogP contribution in [0.2, 0.25) is 5.02 Å². The van der Waals surface area contributed by atoms with Gasteiger partial charge >= 0.3 is 0 Å². The summed E-state index contributed by atoms with van der Waals surface area (Å²) in [5.41, 5.74) is -0.0435. The average Bonchev–Trinajstić information content (AvgIpc) is 2.34. The van der Waals surface area contributed by atoms with Gasteiger partial charge in [-0.05, 0) is 13.3 Å². The van der Waals surface area contributed by atoms with Gasteiger partial charge in [-0.1, -0.05) is 11.6 Å². The van der Waals surface area contributed by atoms with E-state index in [1.807, 2.05) is 6.92 Å². The van der Waals surface area contributed by atoms with Crippen LogP contribution < -0.4 is 5.43 Å².